The van der Waals surface area contributed by atoms with Crippen LogP contribution in [0.4, 0.5) is 10.8 Å². The molecule has 0 radical (unpaired) electrons. The van der Waals surface area contributed by atoms with E-state index in [1.807, 2.05) is 18.2 Å². The summed E-state index contributed by atoms with van der Waals surface area (Å²) in [5.74, 6) is 0.231. The molecular weight excluding hydrogens is 448 g/mol. The molecule has 2 aromatic heterocycles. The fourth-order valence-corrected chi connectivity index (χ4v) is 4.55. The molecule has 162 valence electrons. The largest absolute Gasteiger partial charge is 0.497 e. The number of pyridine rings is 1. The van der Waals surface area contributed by atoms with Crippen molar-refractivity contribution in [3.8, 4) is 17.1 Å². The van der Waals surface area contributed by atoms with Gasteiger partial charge in [0.15, 0.2) is 5.13 Å². The van der Waals surface area contributed by atoms with Crippen molar-refractivity contribution in [3.63, 3.8) is 0 Å². The molecule has 0 fully saturated rings. The van der Waals surface area contributed by atoms with E-state index in [0.717, 1.165) is 0 Å². The van der Waals surface area contributed by atoms with E-state index in [-0.39, 0.29) is 10.8 Å². The third-order valence-electron chi connectivity index (χ3n) is 4.42. The molecule has 0 atom stereocenters. The van der Waals surface area contributed by atoms with Crippen molar-refractivity contribution in [2.75, 3.05) is 17.1 Å². The molecule has 32 heavy (non-hydrogen) atoms. The quantitative estimate of drug-likeness (QED) is 0.421. The van der Waals surface area contributed by atoms with Crippen LogP contribution in [0.15, 0.2) is 83.2 Å². The third kappa shape index (κ3) is 4.93. The molecule has 4 rings (SSSR count). The highest BCUT2D eigenvalue weighted by Gasteiger charge is 2.16. The van der Waals surface area contributed by atoms with E-state index in [1.54, 1.807) is 35.8 Å². The first-order valence-corrected chi connectivity index (χ1v) is 11.8. The van der Waals surface area contributed by atoms with Gasteiger partial charge in [0, 0.05) is 22.8 Å². The zero-order chi connectivity index (χ0) is 22.6. The number of hydrogen-bond donors (Lipinski definition) is 2. The average molecular weight is 467 g/mol. The summed E-state index contributed by atoms with van der Waals surface area (Å²) in [7, 11) is -2.27. The topological polar surface area (TPSA) is 110 Å². The van der Waals surface area contributed by atoms with Gasteiger partial charge in [0.2, 0.25) is 0 Å². The predicted molar refractivity (Wildman–Crippen MR) is 124 cm³/mol. The van der Waals surface area contributed by atoms with Crippen LogP contribution in [0, 0.1) is 0 Å². The fourth-order valence-electron chi connectivity index (χ4n) is 2.79. The molecule has 0 saturated carbocycles. The summed E-state index contributed by atoms with van der Waals surface area (Å²) in [6.45, 7) is 0. The van der Waals surface area contributed by atoms with E-state index < -0.39 is 10.0 Å². The van der Waals surface area contributed by atoms with E-state index in [0.29, 0.717) is 33.5 Å². The average Bonchev–Trinajstić information content (AvgIpc) is 3.28. The van der Waals surface area contributed by atoms with Crippen LogP contribution in [0.25, 0.3) is 11.4 Å². The molecule has 0 saturated heterocycles. The summed E-state index contributed by atoms with van der Waals surface area (Å²) in [5.41, 5.74) is 2.09. The molecule has 0 aliphatic rings. The highest BCUT2D eigenvalue weighted by Crippen LogP contribution is 2.24. The molecule has 4 aromatic rings. The first kappa shape index (κ1) is 21.5. The van der Waals surface area contributed by atoms with Crippen molar-refractivity contribution in [3.05, 3.63) is 83.9 Å². The second-order valence-electron chi connectivity index (χ2n) is 6.57. The van der Waals surface area contributed by atoms with E-state index in [4.69, 9.17) is 4.74 Å². The van der Waals surface area contributed by atoms with Gasteiger partial charge in [-0.25, -0.2) is 13.4 Å². The fraction of sp³-hybridized carbons (Fsp3) is 0.0455. The number of sulfonamides is 1. The number of methoxy groups -OCH3 is 1. The van der Waals surface area contributed by atoms with Crippen molar-refractivity contribution < 1.29 is 17.9 Å². The van der Waals surface area contributed by atoms with E-state index in [9.17, 15) is 13.2 Å². The Kier molecular flexibility index (Phi) is 6.15. The summed E-state index contributed by atoms with van der Waals surface area (Å²) in [6.07, 6.45) is 1.67. The molecular formula is C22H18N4O4S2. The summed E-state index contributed by atoms with van der Waals surface area (Å²) in [5, 5.41) is 4.95. The maximum Gasteiger partial charge on any atom is 0.261 e. The van der Waals surface area contributed by atoms with Crippen LogP contribution in [0.1, 0.15) is 10.4 Å². The number of nitrogens with zero attached hydrogens (tertiary/aromatic N) is 2. The van der Waals surface area contributed by atoms with Gasteiger partial charge in [-0.2, -0.15) is 0 Å². The maximum absolute atomic E-state index is 12.6. The Morgan fingerprint density at radius 3 is 2.38 bits per heavy atom. The summed E-state index contributed by atoms with van der Waals surface area (Å²) >= 11 is 1.28. The highest BCUT2D eigenvalue weighted by molar-refractivity contribution is 7.92. The third-order valence-corrected chi connectivity index (χ3v) is 6.58. The number of hydrogen-bond acceptors (Lipinski definition) is 7. The molecule has 2 heterocycles. The van der Waals surface area contributed by atoms with Gasteiger partial charge in [-0.05, 0) is 60.7 Å². The Morgan fingerprint density at radius 2 is 1.72 bits per heavy atom. The van der Waals surface area contributed by atoms with E-state index in [1.165, 1.54) is 42.7 Å². The van der Waals surface area contributed by atoms with Gasteiger partial charge in [0.05, 0.1) is 17.7 Å². The Balaban J connectivity index is 1.43. The van der Waals surface area contributed by atoms with Crippen molar-refractivity contribution in [1.82, 2.24) is 9.97 Å². The Labute approximate surface area is 189 Å². The number of carbonyl (C=O) groups excluding carboxylic acids is 1. The molecule has 1 amide bonds. The van der Waals surface area contributed by atoms with Crippen molar-refractivity contribution >= 4 is 38.1 Å². The molecule has 2 aromatic carbocycles. The SMILES string of the molecule is COc1ccc(NS(=O)(=O)c2ccc(C(=O)Nc3nc(-c4ccccn4)cs3)cc2)cc1. The molecule has 8 nitrogen and oxygen atoms in total. The number of rotatable bonds is 7. The normalized spacial score (nSPS) is 11.0. The number of aromatic nitrogens is 2. The minimum Gasteiger partial charge on any atom is -0.497 e. The van der Waals surface area contributed by atoms with E-state index in [2.05, 4.69) is 20.0 Å². The lowest BCUT2D eigenvalue weighted by Gasteiger charge is -2.09. The summed E-state index contributed by atoms with van der Waals surface area (Å²) in [6, 6.07) is 17.7. The lowest BCUT2D eigenvalue weighted by atomic mass is 10.2. The Morgan fingerprint density at radius 1 is 0.969 bits per heavy atom. The van der Waals surface area contributed by atoms with Crippen molar-refractivity contribution in [2.24, 2.45) is 0 Å². The predicted octanol–water partition coefficient (Wildman–Crippen LogP) is 4.27. The second kappa shape index (κ2) is 9.16. The Bertz CT molecular complexity index is 1320. The van der Waals surface area contributed by atoms with Gasteiger partial charge in [-0.15, -0.1) is 11.3 Å². The first-order chi connectivity index (χ1) is 15.4. The minimum absolute atomic E-state index is 0.0385. The lowest BCUT2D eigenvalue weighted by molar-refractivity contribution is 0.102. The van der Waals surface area contributed by atoms with Gasteiger partial charge in [-0.3, -0.25) is 19.8 Å². The van der Waals surface area contributed by atoms with Crippen LogP contribution in [0.2, 0.25) is 0 Å². The molecule has 10 heteroatoms. The number of benzene rings is 2. The zero-order valence-corrected chi connectivity index (χ0v) is 18.5. The van der Waals surface area contributed by atoms with Crippen LogP contribution < -0.4 is 14.8 Å². The van der Waals surface area contributed by atoms with Gasteiger partial charge < -0.3 is 4.74 Å². The highest BCUT2D eigenvalue weighted by atomic mass is 32.2. The second-order valence-corrected chi connectivity index (χ2v) is 9.11. The van der Waals surface area contributed by atoms with Crippen LogP contribution in [0.3, 0.4) is 0 Å². The lowest BCUT2D eigenvalue weighted by Crippen LogP contribution is -2.14. The maximum atomic E-state index is 12.6. The van der Waals surface area contributed by atoms with Crippen LogP contribution >= 0.6 is 11.3 Å². The summed E-state index contributed by atoms with van der Waals surface area (Å²) < 4.78 is 32.8. The molecule has 0 bridgehead atoms. The number of nitrogens with one attached hydrogen (secondary N) is 2. The van der Waals surface area contributed by atoms with Gasteiger partial charge in [-0.1, -0.05) is 6.07 Å². The smallest absolute Gasteiger partial charge is 0.261 e. The molecule has 0 aliphatic heterocycles. The monoisotopic (exact) mass is 466 g/mol. The standard InChI is InChI=1S/C22H18N4O4S2/c1-30-17-9-7-16(8-10-17)26-32(28,29)18-11-5-15(6-12-18)21(27)25-22-24-20(14-31-22)19-4-2-3-13-23-19/h2-14,26H,1H3,(H,24,25,27). The molecule has 2 N–H and O–H groups in total. The van der Waals surface area contributed by atoms with Crippen molar-refractivity contribution in [2.45, 2.75) is 4.90 Å². The minimum atomic E-state index is -3.80. The number of carbonyl (C=O) groups is 1. The number of thiazole rings is 1. The van der Waals surface area contributed by atoms with Gasteiger partial charge >= 0.3 is 0 Å². The van der Waals surface area contributed by atoms with Gasteiger partial charge in [0.1, 0.15) is 11.4 Å². The van der Waals surface area contributed by atoms with Gasteiger partial charge in [0.25, 0.3) is 15.9 Å². The van der Waals surface area contributed by atoms with E-state index >= 15 is 0 Å². The van der Waals surface area contributed by atoms with Crippen LogP contribution in [0.5, 0.6) is 5.75 Å². The first-order valence-electron chi connectivity index (χ1n) is 9.40. The molecule has 0 unspecified atom stereocenters. The molecule has 0 spiro atoms. The van der Waals surface area contributed by atoms with Crippen molar-refractivity contribution in [1.29, 1.82) is 0 Å². The number of anilines is 2. The van der Waals surface area contributed by atoms with Crippen LogP contribution in [-0.4, -0.2) is 31.4 Å². The van der Waals surface area contributed by atoms with Crippen LogP contribution in [-0.2, 0) is 10.0 Å². The number of ether oxygens (including phenoxy) is 1. The Hall–Kier alpha value is -3.76. The zero-order valence-electron chi connectivity index (χ0n) is 16.8. The molecule has 0 aliphatic carbocycles. The number of amides is 1. The summed E-state index contributed by atoms with van der Waals surface area (Å²) in [4.78, 5) is 21.2.